The number of hydrogen-bond acceptors (Lipinski definition) is 2. The Morgan fingerprint density at radius 2 is 0.976 bits per heavy atom. The van der Waals surface area contributed by atoms with Crippen molar-refractivity contribution in [2.24, 2.45) is 17.8 Å². The van der Waals surface area contributed by atoms with Gasteiger partial charge >= 0.3 is 0 Å². The maximum atomic E-state index is 5.47. The Hall–Kier alpha value is -4.17. The van der Waals surface area contributed by atoms with Crippen LogP contribution in [-0.2, 0) is 0 Å². The van der Waals surface area contributed by atoms with E-state index in [9.17, 15) is 0 Å². The molecule has 1 N–H and O–H groups in total. The molecule has 0 amide bonds. The summed E-state index contributed by atoms with van der Waals surface area (Å²) in [6.45, 7) is 0. The molecule has 1 heterocycles. The zero-order valence-corrected chi connectivity index (χ0v) is 23.2. The van der Waals surface area contributed by atoms with Gasteiger partial charge in [0, 0.05) is 21.7 Å². The lowest BCUT2D eigenvalue weighted by Crippen LogP contribution is -2.54. The van der Waals surface area contributed by atoms with Crippen molar-refractivity contribution in [2.45, 2.75) is 44.1 Å². The van der Waals surface area contributed by atoms with Crippen molar-refractivity contribution in [3.8, 4) is 0 Å². The molecular formula is C39H32N2. The van der Waals surface area contributed by atoms with E-state index < -0.39 is 0 Å². The highest BCUT2D eigenvalue weighted by Crippen LogP contribution is 2.56. The van der Waals surface area contributed by atoms with Gasteiger partial charge in [0.2, 0.25) is 0 Å². The van der Waals surface area contributed by atoms with Crippen LogP contribution in [0.15, 0.2) is 97.1 Å². The van der Waals surface area contributed by atoms with Gasteiger partial charge in [-0.1, -0.05) is 84.9 Å². The predicted octanol–water partition coefficient (Wildman–Crippen LogP) is 10.4. The number of benzene rings is 6. The van der Waals surface area contributed by atoms with Crippen molar-refractivity contribution >= 4 is 70.6 Å². The van der Waals surface area contributed by atoms with Gasteiger partial charge in [0.1, 0.15) is 5.82 Å². The van der Waals surface area contributed by atoms with Gasteiger partial charge in [-0.25, -0.2) is 4.98 Å². The van der Waals surface area contributed by atoms with Crippen LogP contribution in [0, 0.1) is 17.8 Å². The fraction of sp³-hybridized carbons (Fsp3) is 0.256. The normalized spacial score (nSPS) is 25.3. The van der Waals surface area contributed by atoms with E-state index in [1.807, 2.05) is 0 Å². The Morgan fingerprint density at radius 3 is 1.63 bits per heavy atom. The average Bonchev–Trinajstić information content (AvgIpc) is 2.99. The van der Waals surface area contributed by atoms with Gasteiger partial charge in [-0.2, -0.15) is 0 Å². The van der Waals surface area contributed by atoms with Crippen LogP contribution in [0.4, 0.5) is 5.82 Å². The molecule has 1 aromatic heterocycles. The van der Waals surface area contributed by atoms with E-state index in [4.69, 9.17) is 4.98 Å². The SMILES string of the molecule is c1ccc2c(c1)c1ccccc1c1c2ccc2ccc3ccc4ccc(NC56CC7CC(CC(C7)C5)C6)nc4c3c21. The lowest BCUT2D eigenvalue weighted by atomic mass is 9.53. The Morgan fingerprint density at radius 1 is 0.488 bits per heavy atom. The minimum absolute atomic E-state index is 0.240. The summed E-state index contributed by atoms with van der Waals surface area (Å²) in [4.78, 5) is 5.47. The fourth-order valence-corrected chi connectivity index (χ4v) is 9.81. The van der Waals surface area contributed by atoms with E-state index >= 15 is 0 Å². The van der Waals surface area contributed by atoms with Crippen molar-refractivity contribution in [1.29, 1.82) is 0 Å². The highest BCUT2D eigenvalue weighted by atomic mass is 15.1. The molecule has 6 aromatic carbocycles. The van der Waals surface area contributed by atoms with Crippen molar-refractivity contribution in [2.75, 3.05) is 5.32 Å². The molecule has 0 radical (unpaired) electrons. The Balaban J connectivity index is 1.29. The third-order valence-electron chi connectivity index (χ3n) is 11.0. The molecule has 4 aliphatic carbocycles. The summed E-state index contributed by atoms with van der Waals surface area (Å²) in [5, 5.41) is 18.4. The highest BCUT2D eigenvalue weighted by Gasteiger charge is 2.51. The maximum absolute atomic E-state index is 5.47. The molecule has 0 unspecified atom stereocenters. The van der Waals surface area contributed by atoms with Crippen LogP contribution in [0.2, 0.25) is 0 Å². The van der Waals surface area contributed by atoms with E-state index in [1.165, 1.54) is 97.8 Å². The number of aromatic nitrogens is 1. The largest absolute Gasteiger partial charge is 0.365 e. The summed E-state index contributed by atoms with van der Waals surface area (Å²) in [5.41, 5.74) is 1.36. The Bertz CT molecular complexity index is 2150. The molecule has 11 rings (SSSR count). The van der Waals surface area contributed by atoms with Gasteiger partial charge < -0.3 is 5.32 Å². The zero-order valence-electron chi connectivity index (χ0n) is 23.2. The van der Waals surface area contributed by atoms with Crippen LogP contribution >= 0.6 is 0 Å². The summed E-state index contributed by atoms with van der Waals surface area (Å²) in [6.07, 6.45) is 8.33. The number of pyridine rings is 1. The number of rotatable bonds is 2. The first-order valence-corrected chi connectivity index (χ1v) is 15.5. The molecule has 0 saturated heterocycles. The Labute approximate surface area is 239 Å². The number of nitrogens with zero attached hydrogens (tertiary/aromatic N) is 1. The van der Waals surface area contributed by atoms with Crippen LogP contribution in [0.25, 0.3) is 64.8 Å². The second-order valence-electron chi connectivity index (χ2n) is 13.5. The van der Waals surface area contributed by atoms with Crippen LogP contribution in [-0.4, -0.2) is 10.5 Å². The van der Waals surface area contributed by atoms with Crippen LogP contribution in [0.3, 0.4) is 0 Å². The number of fused-ring (bicyclic) bond motifs is 12. The summed E-state index contributed by atoms with van der Waals surface area (Å²) in [7, 11) is 0. The minimum atomic E-state index is 0.240. The average molecular weight is 529 g/mol. The van der Waals surface area contributed by atoms with Crippen molar-refractivity contribution in [1.82, 2.24) is 4.98 Å². The Kier molecular flexibility index (Phi) is 4.38. The fourth-order valence-electron chi connectivity index (χ4n) is 9.81. The molecule has 4 saturated carbocycles. The highest BCUT2D eigenvalue weighted by molar-refractivity contribution is 6.37. The molecule has 2 nitrogen and oxygen atoms in total. The van der Waals surface area contributed by atoms with Crippen molar-refractivity contribution in [3.63, 3.8) is 0 Å². The van der Waals surface area contributed by atoms with Gasteiger partial charge in [0.15, 0.2) is 0 Å². The molecule has 0 atom stereocenters. The third kappa shape index (κ3) is 3.16. The summed E-state index contributed by atoms with van der Waals surface area (Å²) >= 11 is 0. The van der Waals surface area contributed by atoms with Gasteiger partial charge in [0.05, 0.1) is 5.52 Å². The number of anilines is 1. The predicted molar refractivity (Wildman–Crippen MR) is 174 cm³/mol. The summed E-state index contributed by atoms with van der Waals surface area (Å²) in [6, 6.07) is 36.1. The van der Waals surface area contributed by atoms with Gasteiger partial charge in [0.25, 0.3) is 0 Å². The smallest absolute Gasteiger partial charge is 0.127 e. The number of hydrogen-bond donors (Lipinski definition) is 1. The first-order valence-electron chi connectivity index (χ1n) is 15.5. The molecule has 4 aliphatic rings. The second-order valence-corrected chi connectivity index (χ2v) is 13.5. The van der Waals surface area contributed by atoms with Crippen LogP contribution < -0.4 is 5.32 Å². The second kappa shape index (κ2) is 7.97. The van der Waals surface area contributed by atoms with E-state index in [0.29, 0.717) is 0 Å². The van der Waals surface area contributed by atoms with Crippen molar-refractivity contribution in [3.05, 3.63) is 97.1 Å². The molecule has 0 spiro atoms. The maximum Gasteiger partial charge on any atom is 0.127 e. The van der Waals surface area contributed by atoms with E-state index in [2.05, 4.69) is 102 Å². The quantitative estimate of drug-likeness (QED) is 0.226. The third-order valence-corrected chi connectivity index (χ3v) is 11.0. The number of nitrogens with one attached hydrogen (secondary N) is 1. The molecule has 0 aliphatic heterocycles. The first-order chi connectivity index (χ1) is 20.2. The summed E-state index contributed by atoms with van der Waals surface area (Å²) < 4.78 is 0. The van der Waals surface area contributed by atoms with Gasteiger partial charge in [-0.15, -0.1) is 0 Å². The summed E-state index contributed by atoms with van der Waals surface area (Å²) in [5.74, 6) is 3.79. The molecule has 7 aromatic rings. The lowest BCUT2D eigenvalue weighted by molar-refractivity contribution is 0.0105. The molecule has 4 fully saturated rings. The van der Waals surface area contributed by atoms with Gasteiger partial charge in [-0.05, 0) is 112 Å². The van der Waals surface area contributed by atoms with E-state index in [0.717, 1.165) is 29.1 Å². The topological polar surface area (TPSA) is 24.9 Å². The van der Waals surface area contributed by atoms with E-state index in [-0.39, 0.29) is 5.54 Å². The van der Waals surface area contributed by atoms with Crippen LogP contribution in [0.1, 0.15) is 38.5 Å². The monoisotopic (exact) mass is 528 g/mol. The molecule has 2 heteroatoms. The van der Waals surface area contributed by atoms with Crippen LogP contribution in [0.5, 0.6) is 0 Å². The van der Waals surface area contributed by atoms with E-state index in [1.54, 1.807) is 0 Å². The molecular weight excluding hydrogens is 496 g/mol. The minimum Gasteiger partial charge on any atom is -0.365 e. The molecule has 198 valence electrons. The zero-order chi connectivity index (χ0) is 26.7. The lowest BCUT2D eigenvalue weighted by Gasteiger charge is -2.57. The molecule has 4 bridgehead atoms. The first kappa shape index (κ1) is 22.5. The van der Waals surface area contributed by atoms with Crippen molar-refractivity contribution < 1.29 is 0 Å². The molecule has 41 heavy (non-hydrogen) atoms. The standard InChI is InChI=1S/C39H32N2/c1-2-7-31-29(5-1)30-6-3-4-8-32(30)37-33(31)15-13-26-9-10-27-11-12-28-14-16-34(40-38(28)36(27)35(26)37)41-39-20-23-17-24(21-39)19-25(18-23)22-39/h1-16,23-25H,17-22H2,(H,40,41). The van der Waals surface area contributed by atoms with Gasteiger partial charge in [-0.3, -0.25) is 0 Å².